The van der Waals surface area contributed by atoms with E-state index in [0.717, 1.165) is 58.2 Å². The maximum absolute atomic E-state index is 8.66. The van der Waals surface area contributed by atoms with Crippen LogP contribution in [0.4, 0.5) is 0 Å². The van der Waals surface area contributed by atoms with E-state index in [9.17, 15) is 0 Å². The van der Waals surface area contributed by atoms with Crippen LogP contribution in [0.1, 0.15) is 58.8 Å². The summed E-state index contributed by atoms with van der Waals surface area (Å²) in [5, 5.41) is 8.66. The van der Waals surface area contributed by atoms with Crippen molar-refractivity contribution in [1.82, 2.24) is 0 Å². The monoisotopic (exact) mass is 258 g/mol. The van der Waals surface area contributed by atoms with Gasteiger partial charge in [0.05, 0.1) is 0 Å². The molecule has 0 aromatic rings. The lowest BCUT2D eigenvalue weighted by atomic mass is 10.2. The Morgan fingerprint density at radius 3 is 2.00 bits per heavy atom. The van der Waals surface area contributed by atoms with Crippen LogP contribution < -0.4 is 0 Å². The van der Waals surface area contributed by atoms with Gasteiger partial charge in [-0.15, -0.1) is 0 Å². The van der Waals surface area contributed by atoms with Crippen LogP contribution in [0.15, 0.2) is 12.2 Å². The average Bonchev–Trinajstić information content (AvgIpc) is 2.38. The molecule has 0 saturated heterocycles. The number of unbranched alkanes of at least 4 members (excludes halogenated alkanes) is 2. The first-order valence-electron chi connectivity index (χ1n) is 7.34. The van der Waals surface area contributed by atoms with E-state index in [-0.39, 0.29) is 12.9 Å². The van der Waals surface area contributed by atoms with Crippen LogP contribution in [0.25, 0.3) is 0 Å². The van der Waals surface area contributed by atoms with E-state index in [1.165, 1.54) is 0 Å². The quantitative estimate of drug-likeness (QED) is 0.311. The van der Waals surface area contributed by atoms with Crippen molar-refractivity contribution in [2.45, 2.75) is 65.1 Å². The molecule has 0 atom stereocenters. The fraction of sp³-hybridized carbons (Fsp3) is 0.867. The Hall–Kier alpha value is -0.380. The lowest BCUT2D eigenvalue weighted by Crippen LogP contribution is -2.18. The van der Waals surface area contributed by atoms with Gasteiger partial charge in [0, 0.05) is 26.2 Å². The average molecular weight is 258 g/mol. The van der Waals surface area contributed by atoms with Gasteiger partial charge in [-0.25, -0.2) is 0 Å². The molecule has 3 heteroatoms. The van der Waals surface area contributed by atoms with Crippen molar-refractivity contribution < 1.29 is 14.6 Å². The van der Waals surface area contributed by atoms with E-state index in [0.29, 0.717) is 0 Å². The minimum atomic E-state index is -0.0677. The van der Waals surface area contributed by atoms with Gasteiger partial charge in [0.25, 0.3) is 0 Å². The molecular formula is C15H30O3. The predicted octanol–water partition coefficient (Wildman–Crippen LogP) is 3.66. The third-order valence-corrected chi connectivity index (χ3v) is 2.63. The minimum Gasteiger partial charge on any atom is -0.396 e. The van der Waals surface area contributed by atoms with Gasteiger partial charge in [0.1, 0.15) is 0 Å². The summed E-state index contributed by atoms with van der Waals surface area (Å²) >= 11 is 0. The molecule has 0 saturated carbocycles. The highest BCUT2D eigenvalue weighted by Gasteiger charge is 2.07. The molecule has 0 bridgehead atoms. The topological polar surface area (TPSA) is 38.7 Å². The standard InChI is InChI=1S/C15H30O3/c1-3-5-13-17-15(18-14-6-4-2)11-9-7-8-10-12-16/h7-8,15-16H,3-6,9-14H2,1-2H3/b8-7+. The van der Waals surface area contributed by atoms with Gasteiger partial charge >= 0.3 is 0 Å². The van der Waals surface area contributed by atoms with Crippen molar-refractivity contribution in [2.24, 2.45) is 0 Å². The Balaban J connectivity index is 3.72. The van der Waals surface area contributed by atoms with Gasteiger partial charge in [-0.1, -0.05) is 38.8 Å². The molecule has 108 valence electrons. The number of hydrogen-bond acceptors (Lipinski definition) is 3. The molecule has 3 nitrogen and oxygen atoms in total. The van der Waals surface area contributed by atoms with E-state index in [1.54, 1.807) is 0 Å². The van der Waals surface area contributed by atoms with Crippen LogP contribution in [0.5, 0.6) is 0 Å². The molecular weight excluding hydrogens is 228 g/mol. The second-order valence-electron chi connectivity index (χ2n) is 4.44. The molecule has 0 aromatic carbocycles. The Morgan fingerprint density at radius 1 is 0.944 bits per heavy atom. The van der Waals surface area contributed by atoms with Crippen molar-refractivity contribution in [3.63, 3.8) is 0 Å². The smallest absolute Gasteiger partial charge is 0.157 e. The van der Waals surface area contributed by atoms with Crippen LogP contribution in [0.3, 0.4) is 0 Å². The molecule has 0 aliphatic carbocycles. The first kappa shape index (κ1) is 17.6. The molecule has 0 unspecified atom stereocenters. The maximum Gasteiger partial charge on any atom is 0.157 e. The zero-order valence-electron chi connectivity index (χ0n) is 12.1. The largest absolute Gasteiger partial charge is 0.396 e. The molecule has 0 rings (SSSR count). The van der Waals surface area contributed by atoms with E-state index in [2.05, 4.69) is 19.9 Å². The molecule has 0 radical (unpaired) electrons. The van der Waals surface area contributed by atoms with Gasteiger partial charge in [-0.3, -0.25) is 0 Å². The highest BCUT2D eigenvalue weighted by Crippen LogP contribution is 2.08. The summed E-state index contributed by atoms with van der Waals surface area (Å²) in [5.74, 6) is 0. The molecule has 0 aliphatic rings. The van der Waals surface area contributed by atoms with Gasteiger partial charge in [-0.2, -0.15) is 0 Å². The highest BCUT2D eigenvalue weighted by atomic mass is 16.7. The van der Waals surface area contributed by atoms with E-state index in [4.69, 9.17) is 14.6 Å². The number of hydrogen-bond donors (Lipinski definition) is 1. The molecule has 0 aromatic heterocycles. The highest BCUT2D eigenvalue weighted by molar-refractivity contribution is 4.81. The van der Waals surface area contributed by atoms with Crippen LogP contribution in [-0.4, -0.2) is 31.2 Å². The number of allylic oxidation sites excluding steroid dienone is 1. The predicted molar refractivity (Wildman–Crippen MR) is 75.6 cm³/mol. The Morgan fingerprint density at radius 2 is 1.50 bits per heavy atom. The van der Waals surface area contributed by atoms with Crippen molar-refractivity contribution in [1.29, 1.82) is 0 Å². The third-order valence-electron chi connectivity index (χ3n) is 2.63. The van der Waals surface area contributed by atoms with Crippen LogP contribution in [-0.2, 0) is 9.47 Å². The molecule has 0 amide bonds. The minimum absolute atomic E-state index is 0.0677. The third kappa shape index (κ3) is 12.1. The zero-order valence-corrected chi connectivity index (χ0v) is 12.1. The van der Waals surface area contributed by atoms with Gasteiger partial charge in [0.2, 0.25) is 0 Å². The summed E-state index contributed by atoms with van der Waals surface area (Å²) in [7, 11) is 0. The molecule has 0 aliphatic heterocycles. The summed E-state index contributed by atoms with van der Waals surface area (Å²) in [6.45, 7) is 6.11. The molecule has 0 spiro atoms. The number of ether oxygens (including phenoxy) is 2. The van der Waals surface area contributed by atoms with E-state index < -0.39 is 0 Å². The summed E-state index contributed by atoms with van der Waals surface area (Å²) in [6.07, 6.45) is 11.1. The summed E-state index contributed by atoms with van der Waals surface area (Å²) in [4.78, 5) is 0. The molecule has 0 fully saturated rings. The number of aliphatic hydroxyl groups is 1. The van der Waals surface area contributed by atoms with Crippen molar-refractivity contribution in [3.8, 4) is 0 Å². The van der Waals surface area contributed by atoms with Crippen molar-refractivity contribution in [2.75, 3.05) is 19.8 Å². The lowest BCUT2D eigenvalue weighted by molar-refractivity contribution is -0.146. The normalized spacial score (nSPS) is 11.8. The Bertz CT molecular complexity index is 171. The Labute approximate surface area is 112 Å². The van der Waals surface area contributed by atoms with Gasteiger partial charge < -0.3 is 14.6 Å². The SMILES string of the molecule is CCCCOC(CC/C=C/CCO)OCCCC. The molecule has 0 heterocycles. The maximum atomic E-state index is 8.66. The van der Waals surface area contributed by atoms with Crippen LogP contribution in [0, 0.1) is 0 Å². The van der Waals surface area contributed by atoms with Crippen molar-refractivity contribution in [3.05, 3.63) is 12.2 Å². The fourth-order valence-corrected chi connectivity index (χ4v) is 1.48. The molecule has 18 heavy (non-hydrogen) atoms. The first-order valence-corrected chi connectivity index (χ1v) is 7.34. The van der Waals surface area contributed by atoms with Crippen LogP contribution >= 0.6 is 0 Å². The number of rotatable bonds is 13. The van der Waals surface area contributed by atoms with Gasteiger partial charge in [0.15, 0.2) is 6.29 Å². The lowest BCUT2D eigenvalue weighted by Gasteiger charge is -2.17. The van der Waals surface area contributed by atoms with Crippen molar-refractivity contribution >= 4 is 0 Å². The van der Waals surface area contributed by atoms with E-state index >= 15 is 0 Å². The van der Waals surface area contributed by atoms with E-state index in [1.807, 2.05) is 6.08 Å². The second kappa shape index (κ2) is 14.7. The summed E-state index contributed by atoms with van der Waals surface area (Å²) in [6, 6.07) is 0. The molecule has 1 N–H and O–H groups in total. The summed E-state index contributed by atoms with van der Waals surface area (Å²) in [5.41, 5.74) is 0. The fourth-order valence-electron chi connectivity index (χ4n) is 1.48. The first-order chi connectivity index (χ1) is 8.85. The zero-order chi connectivity index (χ0) is 13.5. The Kier molecular flexibility index (Phi) is 14.4. The van der Waals surface area contributed by atoms with Gasteiger partial charge in [-0.05, 0) is 25.7 Å². The summed E-state index contributed by atoms with van der Waals surface area (Å²) < 4.78 is 11.5. The van der Waals surface area contributed by atoms with Crippen LogP contribution in [0.2, 0.25) is 0 Å². The number of aliphatic hydroxyl groups excluding tert-OH is 1. The second-order valence-corrected chi connectivity index (χ2v) is 4.44.